The van der Waals surface area contributed by atoms with Crippen LogP contribution in [0.1, 0.15) is 47.0 Å². The van der Waals surface area contributed by atoms with Gasteiger partial charge in [0.25, 0.3) is 0 Å². The number of thiol groups is 1. The van der Waals surface area contributed by atoms with Gasteiger partial charge in [-0.3, -0.25) is 4.99 Å². The van der Waals surface area contributed by atoms with E-state index in [0.717, 1.165) is 18.4 Å². The van der Waals surface area contributed by atoms with Gasteiger partial charge in [-0.05, 0) is 36.2 Å². The number of rotatable bonds is 3. The Morgan fingerprint density at radius 2 is 2.16 bits per heavy atom. The fourth-order valence-electron chi connectivity index (χ4n) is 3.79. The van der Waals surface area contributed by atoms with E-state index in [9.17, 15) is 0 Å². The number of allylic oxidation sites excluding steroid dienone is 1. The van der Waals surface area contributed by atoms with Gasteiger partial charge in [-0.2, -0.15) is 0 Å². The van der Waals surface area contributed by atoms with Gasteiger partial charge < -0.3 is 0 Å². The quantitative estimate of drug-likeness (QED) is 0.364. The Balaban J connectivity index is 0.00000180. The molecule has 2 aliphatic rings. The number of aliphatic imine (C=N–C) groups is 1. The van der Waals surface area contributed by atoms with Crippen LogP contribution in [0, 0.1) is 17.3 Å². The summed E-state index contributed by atoms with van der Waals surface area (Å²) < 4.78 is 0. The molecule has 3 atom stereocenters. The Morgan fingerprint density at radius 1 is 1.42 bits per heavy atom. The third kappa shape index (κ3) is 4.08. The van der Waals surface area contributed by atoms with Crippen molar-refractivity contribution < 1.29 is 0 Å². The Labute approximate surface area is 142 Å². The zero-order chi connectivity index (χ0) is 13.2. The van der Waals surface area contributed by atoms with E-state index in [4.69, 9.17) is 4.99 Å². The normalized spacial score (nSPS) is 36.0. The first-order valence-electron chi connectivity index (χ1n) is 7.46. The molecule has 1 saturated carbocycles. The summed E-state index contributed by atoms with van der Waals surface area (Å²) in [6, 6.07) is 0. The van der Waals surface area contributed by atoms with Crippen molar-refractivity contribution in [2.24, 2.45) is 22.2 Å². The van der Waals surface area contributed by atoms with Crippen molar-refractivity contribution in [2.45, 2.75) is 47.0 Å². The molecule has 1 aliphatic heterocycles. The van der Waals surface area contributed by atoms with Gasteiger partial charge in [-0.1, -0.05) is 45.8 Å². The van der Waals surface area contributed by atoms with E-state index in [1.54, 1.807) is 5.04 Å². The van der Waals surface area contributed by atoms with Gasteiger partial charge in [0.2, 0.25) is 0 Å². The summed E-state index contributed by atoms with van der Waals surface area (Å²) in [5, 5.41) is 1.63. The van der Waals surface area contributed by atoms with E-state index in [2.05, 4.69) is 39.8 Å². The van der Waals surface area contributed by atoms with E-state index in [1.807, 2.05) is 0 Å². The predicted octanol–water partition coefficient (Wildman–Crippen LogP) is 3.52. The summed E-state index contributed by atoms with van der Waals surface area (Å²) in [5.41, 5.74) is 0.470. The SMILES string of the molecule is CC=CC[SH]1CCN=C1C1C(C)CCCC1(C)C.[PbH2]. The van der Waals surface area contributed by atoms with Gasteiger partial charge in [0.15, 0.2) is 0 Å². The first kappa shape index (κ1) is 17.7. The van der Waals surface area contributed by atoms with Crippen LogP contribution < -0.4 is 0 Å². The second kappa shape index (κ2) is 7.62. The van der Waals surface area contributed by atoms with Gasteiger partial charge in [0.05, 0.1) is 5.04 Å². The van der Waals surface area contributed by atoms with Crippen LogP contribution in [0.4, 0.5) is 0 Å². The molecule has 0 aromatic carbocycles. The minimum absolute atomic E-state index is 0. The van der Waals surface area contributed by atoms with Gasteiger partial charge in [-0.15, -0.1) is 0 Å². The Bertz CT molecular complexity index is 349. The van der Waals surface area contributed by atoms with Crippen LogP contribution in [-0.4, -0.2) is 50.4 Å². The summed E-state index contributed by atoms with van der Waals surface area (Å²) in [5.74, 6) is 4.20. The van der Waals surface area contributed by atoms with Gasteiger partial charge >= 0.3 is 27.3 Å². The second-order valence-electron chi connectivity index (χ2n) is 6.59. The molecule has 3 heteroatoms. The Hall–Kier alpha value is 0.682. The maximum atomic E-state index is 4.95. The molecule has 2 rings (SSSR count). The molecule has 0 aromatic heterocycles. The van der Waals surface area contributed by atoms with Crippen molar-refractivity contribution in [3.05, 3.63) is 12.2 Å². The van der Waals surface area contributed by atoms with Crippen LogP contribution in [0.2, 0.25) is 0 Å². The molecule has 2 radical (unpaired) electrons. The number of nitrogens with zero attached hydrogens (tertiary/aromatic N) is 1. The third-order valence-corrected chi connectivity index (χ3v) is 7.16. The van der Waals surface area contributed by atoms with E-state index >= 15 is 0 Å². The van der Waals surface area contributed by atoms with E-state index < -0.39 is 0 Å². The van der Waals surface area contributed by atoms with E-state index in [-0.39, 0.29) is 38.2 Å². The summed E-state index contributed by atoms with van der Waals surface area (Å²) in [7, 11) is 0.0408. The number of hydrogen-bond acceptors (Lipinski definition) is 1. The zero-order valence-electron chi connectivity index (χ0n) is 13.2. The molecule has 1 nitrogen and oxygen atoms in total. The summed E-state index contributed by atoms with van der Waals surface area (Å²) in [6.07, 6.45) is 8.75. The van der Waals surface area contributed by atoms with Crippen molar-refractivity contribution in [3.8, 4) is 0 Å². The topological polar surface area (TPSA) is 12.4 Å². The average Bonchev–Trinajstić information content (AvgIpc) is 2.73. The molecule has 19 heavy (non-hydrogen) atoms. The average molecular weight is 477 g/mol. The summed E-state index contributed by atoms with van der Waals surface area (Å²) in [6.45, 7) is 10.6. The summed E-state index contributed by atoms with van der Waals surface area (Å²) in [4.78, 5) is 4.95. The van der Waals surface area contributed by atoms with Crippen molar-refractivity contribution in [1.29, 1.82) is 0 Å². The van der Waals surface area contributed by atoms with Crippen molar-refractivity contribution in [2.75, 3.05) is 18.1 Å². The van der Waals surface area contributed by atoms with Crippen LogP contribution in [-0.2, 0) is 0 Å². The van der Waals surface area contributed by atoms with Crippen LogP contribution in [0.5, 0.6) is 0 Å². The van der Waals surface area contributed by atoms with Crippen LogP contribution in [0.25, 0.3) is 0 Å². The van der Waals surface area contributed by atoms with Crippen molar-refractivity contribution >= 4 is 43.2 Å². The summed E-state index contributed by atoms with van der Waals surface area (Å²) >= 11 is 0. The van der Waals surface area contributed by atoms with Crippen molar-refractivity contribution in [3.63, 3.8) is 0 Å². The zero-order valence-corrected chi connectivity index (χ0v) is 19.5. The molecule has 0 spiro atoms. The fraction of sp³-hybridized carbons (Fsp3) is 0.812. The first-order chi connectivity index (χ1) is 8.56. The molecular weight excluding hydrogens is 445 g/mol. The monoisotopic (exact) mass is 477 g/mol. The Morgan fingerprint density at radius 3 is 2.79 bits per heavy atom. The molecule has 0 amide bonds. The fourth-order valence-corrected chi connectivity index (χ4v) is 6.49. The molecule has 0 N–H and O–H groups in total. The molecule has 1 aliphatic carbocycles. The molecule has 0 bridgehead atoms. The molecule has 1 heterocycles. The van der Waals surface area contributed by atoms with Crippen LogP contribution in [0.15, 0.2) is 17.1 Å². The first-order valence-corrected chi connectivity index (χ1v) is 9.18. The molecule has 1 fully saturated rings. The molecular formula is C16H31NPbS. The van der Waals surface area contributed by atoms with E-state index in [1.165, 1.54) is 30.8 Å². The molecule has 3 unspecified atom stereocenters. The number of hydrogen-bond donors (Lipinski definition) is 1. The predicted molar refractivity (Wildman–Crippen MR) is 94.7 cm³/mol. The molecule has 0 saturated heterocycles. The van der Waals surface area contributed by atoms with Crippen LogP contribution in [0.3, 0.4) is 0 Å². The minimum atomic E-state index is 0. The third-order valence-electron chi connectivity index (χ3n) is 4.70. The van der Waals surface area contributed by atoms with Crippen molar-refractivity contribution in [1.82, 2.24) is 0 Å². The second-order valence-corrected chi connectivity index (χ2v) is 8.94. The van der Waals surface area contributed by atoms with Gasteiger partial charge in [0.1, 0.15) is 0 Å². The maximum absolute atomic E-state index is 4.95. The van der Waals surface area contributed by atoms with Gasteiger partial charge in [-0.25, -0.2) is 10.9 Å². The van der Waals surface area contributed by atoms with Gasteiger partial charge in [0, 0.05) is 12.5 Å². The molecule has 0 aromatic rings. The molecule has 110 valence electrons. The Kier molecular flexibility index (Phi) is 7.11. The van der Waals surface area contributed by atoms with Crippen LogP contribution >= 0.6 is 10.9 Å². The van der Waals surface area contributed by atoms with E-state index in [0.29, 0.717) is 5.41 Å². The standard InChI is InChI=1S/C16H29NS.Pb.2H/c1-5-6-11-18-12-10-17-15(18)14-13(2)8-7-9-16(14,3)4;;;/h5-6,13-14,18H,7-12H2,1-4H3;;;.